The van der Waals surface area contributed by atoms with E-state index < -0.39 is 6.43 Å². The van der Waals surface area contributed by atoms with Crippen LogP contribution in [0.3, 0.4) is 0 Å². The summed E-state index contributed by atoms with van der Waals surface area (Å²) in [7, 11) is 0. The maximum Gasteiger partial charge on any atom is 0.251 e. The minimum absolute atomic E-state index is 0.0411. The van der Waals surface area contributed by atoms with Crippen molar-refractivity contribution < 1.29 is 8.78 Å². The highest BCUT2D eigenvalue weighted by Crippen LogP contribution is 2.32. The Morgan fingerprint density at radius 2 is 1.80 bits per heavy atom. The van der Waals surface area contributed by atoms with E-state index in [4.69, 9.17) is 0 Å². The molecule has 20 heavy (non-hydrogen) atoms. The highest BCUT2D eigenvalue weighted by Gasteiger charge is 2.38. The summed E-state index contributed by atoms with van der Waals surface area (Å²) < 4.78 is 25.8. The van der Waals surface area contributed by atoms with Gasteiger partial charge in [-0.15, -0.1) is 0 Å². The monoisotopic (exact) mass is 288 g/mol. The van der Waals surface area contributed by atoms with E-state index in [0.717, 1.165) is 13.1 Å². The summed E-state index contributed by atoms with van der Waals surface area (Å²) >= 11 is 0. The largest absolute Gasteiger partial charge is 0.311 e. The first-order valence-electron chi connectivity index (χ1n) is 8.13. The lowest BCUT2D eigenvalue weighted by atomic mass is 9.79. The van der Waals surface area contributed by atoms with Crippen LogP contribution in [0, 0.1) is 11.3 Å². The minimum Gasteiger partial charge on any atom is -0.311 e. The van der Waals surface area contributed by atoms with Crippen molar-refractivity contribution in [3.8, 4) is 0 Å². The number of hydrogen-bond donors (Lipinski definition) is 1. The second-order valence-electron chi connectivity index (χ2n) is 7.64. The number of nitrogens with zero attached hydrogens (tertiary/aromatic N) is 1. The van der Waals surface area contributed by atoms with Crippen molar-refractivity contribution in [2.24, 2.45) is 11.3 Å². The predicted molar refractivity (Wildman–Crippen MR) is 79.2 cm³/mol. The molecule has 0 aromatic rings. The van der Waals surface area contributed by atoms with E-state index in [9.17, 15) is 8.78 Å². The Bertz CT molecular complexity index is 295. The number of hydrogen-bond acceptors (Lipinski definition) is 2. The molecule has 2 unspecified atom stereocenters. The average molecular weight is 288 g/mol. The van der Waals surface area contributed by atoms with Gasteiger partial charge in [-0.1, -0.05) is 40.0 Å². The molecule has 2 nitrogen and oxygen atoms in total. The number of rotatable bonds is 3. The second kappa shape index (κ2) is 6.69. The average Bonchev–Trinajstić information content (AvgIpc) is 2.37. The van der Waals surface area contributed by atoms with Crippen molar-refractivity contribution >= 4 is 0 Å². The molecule has 118 valence electrons. The van der Waals surface area contributed by atoms with Gasteiger partial charge in [0.25, 0.3) is 6.43 Å². The molecule has 0 amide bonds. The summed E-state index contributed by atoms with van der Waals surface area (Å²) in [4.78, 5) is 2.04. The highest BCUT2D eigenvalue weighted by atomic mass is 19.3. The zero-order valence-electron chi connectivity index (χ0n) is 13.2. The first-order valence-corrected chi connectivity index (χ1v) is 8.13. The van der Waals surface area contributed by atoms with Crippen LogP contribution in [0.25, 0.3) is 0 Å². The molecule has 0 aromatic carbocycles. The van der Waals surface area contributed by atoms with E-state index in [0.29, 0.717) is 12.0 Å². The summed E-state index contributed by atoms with van der Waals surface area (Å²) in [6.45, 7) is 8.01. The molecule has 0 aromatic heterocycles. The van der Waals surface area contributed by atoms with Gasteiger partial charge in [-0.05, 0) is 24.2 Å². The van der Waals surface area contributed by atoms with Gasteiger partial charge in [-0.2, -0.15) is 0 Å². The lowest BCUT2D eigenvalue weighted by molar-refractivity contribution is -0.00474. The molecule has 2 atom stereocenters. The number of halogens is 2. The van der Waals surface area contributed by atoms with Crippen molar-refractivity contribution in [2.45, 2.75) is 71.4 Å². The van der Waals surface area contributed by atoms with Gasteiger partial charge in [0.2, 0.25) is 0 Å². The highest BCUT2D eigenvalue weighted by molar-refractivity contribution is 4.95. The summed E-state index contributed by atoms with van der Waals surface area (Å²) in [6, 6.07) is 0.615. The van der Waals surface area contributed by atoms with E-state index in [-0.39, 0.29) is 18.0 Å². The summed E-state index contributed by atoms with van der Waals surface area (Å²) in [5.74, 6) is 0.685. The summed E-state index contributed by atoms with van der Waals surface area (Å²) in [5, 5.41) is 3.66. The molecule has 2 aliphatic rings. The van der Waals surface area contributed by atoms with Crippen LogP contribution in [0.5, 0.6) is 0 Å². The molecule has 0 bridgehead atoms. The Kier molecular flexibility index (Phi) is 5.41. The quantitative estimate of drug-likeness (QED) is 0.855. The molecular weight excluding hydrogens is 258 g/mol. The fourth-order valence-corrected chi connectivity index (χ4v) is 3.92. The van der Waals surface area contributed by atoms with Gasteiger partial charge in [0.1, 0.15) is 0 Å². The van der Waals surface area contributed by atoms with Gasteiger partial charge < -0.3 is 5.32 Å². The molecule has 1 saturated heterocycles. The number of piperazine rings is 1. The molecule has 1 heterocycles. The van der Waals surface area contributed by atoms with E-state index in [2.05, 4.69) is 26.1 Å². The lowest BCUT2D eigenvalue weighted by Crippen LogP contribution is -2.63. The molecule has 2 rings (SSSR count). The lowest BCUT2D eigenvalue weighted by Gasteiger charge is -2.48. The topological polar surface area (TPSA) is 15.3 Å². The van der Waals surface area contributed by atoms with E-state index >= 15 is 0 Å². The van der Waals surface area contributed by atoms with Crippen LogP contribution in [0.4, 0.5) is 8.78 Å². The third-order valence-electron chi connectivity index (χ3n) is 5.04. The van der Waals surface area contributed by atoms with Crippen LogP contribution in [0.2, 0.25) is 0 Å². The third-order valence-corrected chi connectivity index (χ3v) is 5.04. The normalized spacial score (nSPS) is 30.9. The number of alkyl halides is 2. The molecule has 4 heteroatoms. The van der Waals surface area contributed by atoms with E-state index in [1.165, 1.54) is 32.1 Å². The Morgan fingerprint density at radius 3 is 2.35 bits per heavy atom. The minimum atomic E-state index is -2.23. The Hall–Kier alpha value is -0.220. The smallest absolute Gasteiger partial charge is 0.251 e. The zero-order chi connectivity index (χ0) is 14.8. The van der Waals surface area contributed by atoms with E-state index in [1.54, 1.807) is 0 Å². The van der Waals surface area contributed by atoms with Gasteiger partial charge in [0.15, 0.2) is 0 Å². The van der Waals surface area contributed by atoms with Gasteiger partial charge in [0, 0.05) is 25.2 Å². The van der Waals surface area contributed by atoms with E-state index in [1.807, 2.05) is 4.90 Å². The molecule has 0 spiro atoms. The molecule has 0 radical (unpaired) electrons. The fraction of sp³-hybridized carbons (Fsp3) is 1.00. The van der Waals surface area contributed by atoms with Crippen molar-refractivity contribution in [2.75, 3.05) is 19.6 Å². The van der Waals surface area contributed by atoms with Gasteiger partial charge in [-0.25, -0.2) is 8.78 Å². The van der Waals surface area contributed by atoms with Crippen molar-refractivity contribution in [3.63, 3.8) is 0 Å². The van der Waals surface area contributed by atoms with Gasteiger partial charge >= 0.3 is 0 Å². The van der Waals surface area contributed by atoms with Gasteiger partial charge in [-0.3, -0.25) is 4.90 Å². The third kappa shape index (κ3) is 4.14. The van der Waals surface area contributed by atoms with Crippen molar-refractivity contribution in [1.82, 2.24) is 10.2 Å². The second-order valence-corrected chi connectivity index (χ2v) is 7.64. The van der Waals surface area contributed by atoms with Crippen LogP contribution in [0.15, 0.2) is 0 Å². The molecule has 2 fully saturated rings. The molecule has 1 aliphatic heterocycles. The van der Waals surface area contributed by atoms with Crippen LogP contribution in [-0.2, 0) is 0 Å². The van der Waals surface area contributed by atoms with Crippen LogP contribution >= 0.6 is 0 Å². The van der Waals surface area contributed by atoms with Crippen molar-refractivity contribution in [3.05, 3.63) is 0 Å². The maximum atomic E-state index is 12.9. The zero-order valence-corrected chi connectivity index (χ0v) is 13.2. The molecular formula is C16H30F2N2. The first-order chi connectivity index (χ1) is 9.38. The standard InChI is InChI=1S/C16H30F2N2/c1-16(2,3)14-9-19-13(10-20(14)11-15(17)18)12-7-5-4-6-8-12/h12-15,19H,4-11H2,1-3H3. The Balaban J connectivity index is 2.00. The summed E-state index contributed by atoms with van der Waals surface area (Å²) in [5.41, 5.74) is 0.0411. The van der Waals surface area contributed by atoms with Crippen LogP contribution < -0.4 is 5.32 Å². The van der Waals surface area contributed by atoms with Crippen LogP contribution in [0.1, 0.15) is 52.9 Å². The maximum absolute atomic E-state index is 12.9. The van der Waals surface area contributed by atoms with Crippen molar-refractivity contribution in [1.29, 1.82) is 0 Å². The molecule has 1 aliphatic carbocycles. The Labute approximate surface area is 122 Å². The van der Waals surface area contributed by atoms with Crippen LogP contribution in [-0.4, -0.2) is 43.0 Å². The van der Waals surface area contributed by atoms with Gasteiger partial charge in [0.05, 0.1) is 6.54 Å². The predicted octanol–water partition coefficient (Wildman–Crippen LogP) is 3.52. The fourth-order valence-electron chi connectivity index (χ4n) is 3.92. The number of nitrogens with one attached hydrogen (secondary N) is 1. The molecule has 1 saturated carbocycles. The molecule has 1 N–H and O–H groups in total. The first kappa shape index (κ1) is 16.2. The summed E-state index contributed by atoms with van der Waals surface area (Å²) in [6.07, 6.45) is 4.25. The Morgan fingerprint density at radius 1 is 1.15 bits per heavy atom. The SMILES string of the molecule is CC(C)(C)C1CNC(C2CCCCC2)CN1CC(F)F.